The lowest BCUT2D eigenvalue weighted by molar-refractivity contribution is -0.140. The summed E-state index contributed by atoms with van der Waals surface area (Å²) in [6, 6.07) is 16.0. The zero-order valence-electron chi connectivity index (χ0n) is 15.8. The van der Waals surface area contributed by atoms with Crippen LogP contribution in [0.2, 0.25) is 0 Å². The van der Waals surface area contributed by atoms with Crippen molar-refractivity contribution in [3.05, 3.63) is 76.9 Å². The Balaban J connectivity index is 2.13. The lowest BCUT2D eigenvalue weighted by atomic mass is 9.95. The highest BCUT2D eigenvalue weighted by Crippen LogP contribution is 2.39. The lowest BCUT2D eigenvalue weighted by Crippen LogP contribution is -2.35. The summed E-state index contributed by atoms with van der Waals surface area (Å²) in [7, 11) is 3.84. The van der Waals surface area contributed by atoms with E-state index in [4.69, 9.17) is 0 Å². The summed E-state index contributed by atoms with van der Waals surface area (Å²) in [5, 5.41) is 10.9. The van der Waals surface area contributed by atoms with Crippen LogP contribution in [-0.2, 0) is 9.59 Å². The molecule has 1 aliphatic heterocycles. The number of benzene rings is 2. The van der Waals surface area contributed by atoms with E-state index in [9.17, 15) is 14.7 Å². The summed E-state index contributed by atoms with van der Waals surface area (Å²) >= 11 is 0. The van der Waals surface area contributed by atoms with Crippen LogP contribution >= 0.6 is 0 Å². The molecule has 2 aromatic carbocycles. The Kier molecular flexibility index (Phi) is 5.42. The minimum atomic E-state index is -0.638. The number of carbonyl (C=O) groups is 2. The molecule has 1 unspecified atom stereocenters. The lowest BCUT2D eigenvalue weighted by Gasteiger charge is -2.26. The van der Waals surface area contributed by atoms with Gasteiger partial charge in [0.25, 0.3) is 11.7 Å². The number of Topliss-reactive ketones (excluding diaryl/α,β-unsaturated/α-hetero) is 1. The predicted octanol–water partition coefficient (Wildman–Crippen LogP) is 2.98. The van der Waals surface area contributed by atoms with Crippen molar-refractivity contribution in [3.8, 4) is 0 Å². The quantitative estimate of drug-likeness (QED) is 0.503. The second-order valence-corrected chi connectivity index (χ2v) is 7.07. The molecule has 1 amide bonds. The Morgan fingerprint density at radius 1 is 1.04 bits per heavy atom. The largest absolute Gasteiger partial charge is 0.507 e. The number of ketones is 1. The van der Waals surface area contributed by atoms with E-state index in [-0.39, 0.29) is 11.3 Å². The molecule has 3 rings (SSSR count). The number of carbonyl (C=O) groups excluding carboxylic acids is 2. The first kappa shape index (κ1) is 18.9. The molecule has 0 saturated carbocycles. The molecular formula is C22H24N2O3. The Bertz CT molecular complexity index is 870. The van der Waals surface area contributed by atoms with E-state index in [1.54, 1.807) is 29.2 Å². The van der Waals surface area contributed by atoms with Crippen molar-refractivity contribution >= 4 is 17.4 Å². The number of aliphatic hydroxyl groups is 1. The molecule has 0 aliphatic carbocycles. The van der Waals surface area contributed by atoms with Crippen molar-refractivity contribution in [2.24, 2.45) is 0 Å². The average molecular weight is 364 g/mol. The third kappa shape index (κ3) is 3.78. The van der Waals surface area contributed by atoms with Crippen molar-refractivity contribution in [1.29, 1.82) is 0 Å². The Morgan fingerprint density at radius 3 is 2.26 bits per heavy atom. The molecule has 27 heavy (non-hydrogen) atoms. The van der Waals surface area contributed by atoms with Gasteiger partial charge in [-0.15, -0.1) is 0 Å². The first-order valence-electron chi connectivity index (χ1n) is 8.95. The number of amides is 1. The van der Waals surface area contributed by atoms with E-state index < -0.39 is 17.7 Å². The molecule has 1 fully saturated rings. The number of rotatable bonds is 5. The normalized spacial score (nSPS) is 19.1. The molecule has 0 radical (unpaired) electrons. The molecule has 0 aromatic heterocycles. The first-order valence-corrected chi connectivity index (χ1v) is 8.95. The molecule has 1 saturated heterocycles. The van der Waals surface area contributed by atoms with Crippen molar-refractivity contribution in [3.63, 3.8) is 0 Å². The van der Waals surface area contributed by atoms with Gasteiger partial charge in [0.1, 0.15) is 5.76 Å². The maximum absolute atomic E-state index is 12.8. The van der Waals surface area contributed by atoms with Gasteiger partial charge in [0, 0.05) is 18.7 Å². The molecule has 1 aliphatic rings. The summed E-state index contributed by atoms with van der Waals surface area (Å²) in [5.41, 5.74) is 2.58. The predicted molar refractivity (Wildman–Crippen MR) is 105 cm³/mol. The number of likely N-dealkylation sites (tertiary alicyclic amines) is 1. The van der Waals surface area contributed by atoms with Gasteiger partial charge in [-0.25, -0.2) is 0 Å². The van der Waals surface area contributed by atoms with Crippen LogP contribution in [0.25, 0.3) is 5.76 Å². The zero-order valence-corrected chi connectivity index (χ0v) is 15.8. The summed E-state index contributed by atoms with van der Waals surface area (Å²) in [6.45, 7) is 3.01. The number of hydrogen-bond acceptors (Lipinski definition) is 4. The van der Waals surface area contributed by atoms with E-state index >= 15 is 0 Å². The van der Waals surface area contributed by atoms with Crippen LogP contribution in [0, 0.1) is 6.92 Å². The van der Waals surface area contributed by atoms with Crippen LogP contribution in [0.15, 0.2) is 60.2 Å². The van der Waals surface area contributed by atoms with Gasteiger partial charge in [-0.1, -0.05) is 60.2 Å². The third-order valence-corrected chi connectivity index (χ3v) is 4.77. The van der Waals surface area contributed by atoms with Gasteiger partial charge in [0.05, 0.1) is 11.6 Å². The Morgan fingerprint density at radius 2 is 1.67 bits per heavy atom. The van der Waals surface area contributed by atoms with Crippen molar-refractivity contribution in [1.82, 2.24) is 9.80 Å². The standard InChI is InChI=1S/C22H24N2O3/c1-15-9-11-16(12-10-15)19-18(20(25)17-7-5-4-6-8-17)21(26)22(27)24(19)14-13-23(2)3/h4-12,19,25H,13-14H2,1-3H3. The van der Waals surface area contributed by atoms with Gasteiger partial charge in [-0.05, 0) is 26.6 Å². The SMILES string of the molecule is Cc1ccc(C2C(=C(O)c3ccccc3)C(=O)C(=O)N2CCN(C)C)cc1. The molecule has 0 spiro atoms. The fourth-order valence-electron chi connectivity index (χ4n) is 3.27. The topological polar surface area (TPSA) is 60.9 Å². The Labute approximate surface area is 159 Å². The number of nitrogens with zero attached hydrogens (tertiary/aromatic N) is 2. The summed E-state index contributed by atoms with van der Waals surface area (Å²) in [6.07, 6.45) is 0. The van der Waals surface area contributed by atoms with Crippen LogP contribution in [-0.4, -0.2) is 53.8 Å². The highest BCUT2D eigenvalue weighted by atomic mass is 16.3. The molecule has 140 valence electrons. The minimum Gasteiger partial charge on any atom is -0.507 e. The van der Waals surface area contributed by atoms with Crippen molar-refractivity contribution in [2.45, 2.75) is 13.0 Å². The van der Waals surface area contributed by atoms with E-state index in [2.05, 4.69) is 0 Å². The van der Waals surface area contributed by atoms with Gasteiger partial charge in [-0.3, -0.25) is 9.59 Å². The zero-order chi connectivity index (χ0) is 19.6. The van der Waals surface area contributed by atoms with Gasteiger partial charge >= 0.3 is 0 Å². The van der Waals surface area contributed by atoms with Gasteiger partial charge in [0.2, 0.25) is 0 Å². The molecule has 5 nitrogen and oxygen atoms in total. The molecule has 1 atom stereocenters. The molecule has 2 aromatic rings. The van der Waals surface area contributed by atoms with Crippen molar-refractivity contribution in [2.75, 3.05) is 27.2 Å². The van der Waals surface area contributed by atoms with Crippen LogP contribution in [0.3, 0.4) is 0 Å². The highest BCUT2D eigenvalue weighted by molar-refractivity contribution is 6.46. The van der Waals surface area contributed by atoms with Crippen LogP contribution in [0.4, 0.5) is 0 Å². The number of hydrogen-bond donors (Lipinski definition) is 1. The maximum atomic E-state index is 12.8. The van der Waals surface area contributed by atoms with Gasteiger partial charge in [-0.2, -0.15) is 0 Å². The molecule has 1 N–H and O–H groups in total. The average Bonchev–Trinajstić information content (AvgIpc) is 2.91. The molecule has 0 bridgehead atoms. The monoisotopic (exact) mass is 364 g/mol. The number of aliphatic hydroxyl groups excluding tert-OH is 1. The van der Waals surface area contributed by atoms with E-state index in [0.29, 0.717) is 18.7 Å². The fraction of sp³-hybridized carbons (Fsp3) is 0.273. The second kappa shape index (κ2) is 7.76. The molecule has 1 heterocycles. The summed E-state index contributed by atoms with van der Waals surface area (Å²) in [4.78, 5) is 29.0. The first-order chi connectivity index (χ1) is 12.9. The maximum Gasteiger partial charge on any atom is 0.295 e. The van der Waals surface area contributed by atoms with Crippen molar-refractivity contribution < 1.29 is 14.7 Å². The van der Waals surface area contributed by atoms with E-state index in [0.717, 1.165) is 11.1 Å². The van der Waals surface area contributed by atoms with E-state index in [1.807, 2.05) is 56.3 Å². The van der Waals surface area contributed by atoms with Crippen LogP contribution < -0.4 is 0 Å². The third-order valence-electron chi connectivity index (χ3n) is 4.77. The molecular weight excluding hydrogens is 340 g/mol. The summed E-state index contributed by atoms with van der Waals surface area (Å²) < 4.78 is 0. The highest BCUT2D eigenvalue weighted by Gasteiger charge is 2.45. The minimum absolute atomic E-state index is 0.133. The molecule has 5 heteroatoms. The summed E-state index contributed by atoms with van der Waals surface area (Å²) in [5.74, 6) is -1.34. The van der Waals surface area contributed by atoms with Crippen LogP contribution in [0.5, 0.6) is 0 Å². The van der Waals surface area contributed by atoms with E-state index in [1.165, 1.54) is 0 Å². The van der Waals surface area contributed by atoms with Gasteiger partial charge < -0.3 is 14.9 Å². The van der Waals surface area contributed by atoms with Crippen LogP contribution in [0.1, 0.15) is 22.7 Å². The second-order valence-electron chi connectivity index (χ2n) is 7.07. The smallest absolute Gasteiger partial charge is 0.295 e. The fourth-order valence-corrected chi connectivity index (χ4v) is 3.27. The van der Waals surface area contributed by atoms with Gasteiger partial charge in [0.15, 0.2) is 0 Å². The Hall–Kier alpha value is -2.92. The number of likely N-dealkylation sites (N-methyl/N-ethyl adjacent to an activating group) is 1. The number of aryl methyl sites for hydroxylation is 1.